The van der Waals surface area contributed by atoms with Crippen LogP contribution < -0.4 is 0 Å². The third kappa shape index (κ3) is 3.97. The fourth-order valence-corrected chi connectivity index (χ4v) is 5.77. The predicted molar refractivity (Wildman–Crippen MR) is 109 cm³/mol. The zero-order valence-corrected chi connectivity index (χ0v) is 17.9. The van der Waals surface area contributed by atoms with Crippen molar-refractivity contribution in [1.82, 2.24) is 14.8 Å². The van der Waals surface area contributed by atoms with E-state index in [2.05, 4.69) is 41.2 Å². The van der Waals surface area contributed by atoms with Crippen LogP contribution in [0.4, 0.5) is 0 Å². The topological polar surface area (TPSA) is 45.7 Å². The molecule has 5 nitrogen and oxygen atoms in total. The summed E-state index contributed by atoms with van der Waals surface area (Å²) in [4.78, 5) is 24.4. The number of thiazole rings is 1. The zero-order valence-electron chi connectivity index (χ0n) is 16.2. The molecule has 0 saturated carbocycles. The second kappa shape index (κ2) is 7.62. The molecule has 4 rings (SSSR count). The Balaban J connectivity index is 1.41. The van der Waals surface area contributed by atoms with Crippen molar-refractivity contribution in [2.45, 2.75) is 58.3 Å². The molecular weight excluding hydrogens is 378 g/mol. The molecule has 2 aromatic heterocycles. The molecule has 1 atom stereocenters. The van der Waals surface area contributed by atoms with E-state index < -0.39 is 0 Å². The third-order valence-corrected chi connectivity index (χ3v) is 7.72. The van der Waals surface area contributed by atoms with Crippen molar-refractivity contribution in [1.29, 1.82) is 0 Å². The Hall–Kier alpha value is -1.28. The molecule has 27 heavy (non-hydrogen) atoms. The number of amides is 1. The highest BCUT2D eigenvalue weighted by molar-refractivity contribution is 7.11. The molecule has 0 bridgehead atoms. The van der Waals surface area contributed by atoms with Crippen LogP contribution in [-0.2, 0) is 22.6 Å². The van der Waals surface area contributed by atoms with Gasteiger partial charge in [-0.2, -0.15) is 0 Å². The fraction of sp³-hybridized carbons (Fsp3) is 0.600. The number of aryl methyl sites for hydroxylation is 2. The average molecular weight is 406 g/mol. The summed E-state index contributed by atoms with van der Waals surface area (Å²) in [6.45, 7) is 10.1. The van der Waals surface area contributed by atoms with E-state index in [4.69, 9.17) is 4.74 Å². The van der Waals surface area contributed by atoms with Gasteiger partial charge in [0.2, 0.25) is 5.91 Å². The molecule has 0 N–H and O–H groups in total. The van der Waals surface area contributed by atoms with E-state index in [-0.39, 0.29) is 24.2 Å². The van der Waals surface area contributed by atoms with Crippen molar-refractivity contribution in [2.24, 2.45) is 0 Å². The van der Waals surface area contributed by atoms with Gasteiger partial charge in [-0.15, -0.1) is 22.7 Å². The lowest BCUT2D eigenvalue weighted by Gasteiger charge is -2.51. The molecule has 2 aromatic rings. The molecule has 1 amide bonds. The molecule has 2 fully saturated rings. The monoisotopic (exact) mass is 405 g/mol. The van der Waals surface area contributed by atoms with Crippen LogP contribution in [0.3, 0.4) is 0 Å². The van der Waals surface area contributed by atoms with Gasteiger partial charge in [0.05, 0.1) is 28.9 Å². The van der Waals surface area contributed by atoms with E-state index in [1.165, 1.54) is 9.75 Å². The lowest BCUT2D eigenvalue weighted by atomic mass is 9.82. The molecule has 0 radical (unpaired) electrons. The third-order valence-electron chi connectivity index (χ3n) is 5.91. The van der Waals surface area contributed by atoms with Crippen LogP contribution in [0.15, 0.2) is 17.5 Å². The first-order valence-electron chi connectivity index (χ1n) is 9.57. The molecule has 0 unspecified atom stereocenters. The number of rotatable bonds is 4. The van der Waals surface area contributed by atoms with Gasteiger partial charge in [-0.1, -0.05) is 0 Å². The minimum absolute atomic E-state index is 0.0758. The van der Waals surface area contributed by atoms with Crippen molar-refractivity contribution in [3.63, 3.8) is 0 Å². The number of carbonyl (C=O) groups excluding carboxylic acids is 1. The van der Waals surface area contributed by atoms with Gasteiger partial charge in [0.15, 0.2) is 0 Å². The van der Waals surface area contributed by atoms with Gasteiger partial charge in [-0.05, 0) is 45.7 Å². The number of piperidine rings is 1. The maximum atomic E-state index is 12.5. The summed E-state index contributed by atoms with van der Waals surface area (Å²) in [5.41, 5.74) is 0.765. The lowest BCUT2D eigenvalue weighted by molar-refractivity contribution is -0.188. The van der Waals surface area contributed by atoms with E-state index >= 15 is 0 Å². The molecule has 4 heterocycles. The molecule has 146 valence electrons. The number of morpholine rings is 1. The highest BCUT2D eigenvalue weighted by Crippen LogP contribution is 2.37. The summed E-state index contributed by atoms with van der Waals surface area (Å²) in [7, 11) is 0. The Bertz CT molecular complexity index is 808. The number of carbonyl (C=O) groups is 1. The normalized spacial score (nSPS) is 23.3. The molecule has 2 aliphatic rings. The summed E-state index contributed by atoms with van der Waals surface area (Å²) >= 11 is 3.52. The smallest absolute Gasteiger partial charge is 0.249 e. The van der Waals surface area contributed by atoms with Crippen molar-refractivity contribution < 1.29 is 9.53 Å². The molecule has 1 spiro atoms. The number of hydrogen-bond acceptors (Lipinski definition) is 6. The molecule has 7 heteroatoms. The first-order chi connectivity index (χ1) is 12.9. The number of thiophene rings is 1. The van der Waals surface area contributed by atoms with Gasteiger partial charge >= 0.3 is 0 Å². The maximum Gasteiger partial charge on any atom is 0.249 e. The van der Waals surface area contributed by atoms with Gasteiger partial charge in [-0.3, -0.25) is 9.69 Å². The molecule has 0 aliphatic carbocycles. The Morgan fingerprint density at radius 3 is 2.67 bits per heavy atom. The van der Waals surface area contributed by atoms with Crippen molar-refractivity contribution in [3.05, 3.63) is 38.0 Å². The van der Waals surface area contributed by atoms with Crippen LogP contribution in [0.2, 0.25) is 0 Å². The number of hydrogen-bond donors (Lipinski definition) is 0. The number of likely N-dealkylation sites (tertiary alicyclic amines) is 1. The quantitative estimate of drug-likeness (QED) is 0.780. The van der Waals surface area contributed by atoms with Crippen LogP contribution in [0.5, 0.6) is 0 Å². The van der Waals surface area contributed by atoms with Gasteiger partial charge < -0.3 is 9.64 Å². The van der Waals surface area contributed by atoms with Crippen LogP contribution in [0.25, 0.3) is 0 Å². The Labute approximate surface area is 169 Å². The first-order valence-corrected chi connectivity index (χ1v) is 11.3. The second-order valence-electron chi connectivity index (χ2n) is 7.70. The summed E-state index contributed by atoms with van der Waals surface area (Å²) in [5.74, 6) is 0.0790. The van der Waals surface area contributed by atoms with E-state index in [1.807, 2.05) is 23.2 Å². The van der Waals surface area contributed by atoms with Gasteiger partial charge in [0.1, 0.15) is 6.61 Å². The molecule has 2 saturated heterocycles. The standard InChI is InChI=1S/C20H27N3O2S2/c1-14-4-5-18(27-14)11-22-8-6-20(7-9-22)15(2)23(19(24)12-25-20)10-17-13-26-16(3)21-17/h4-5,13,15H,6-12H2,1-3H3/t15-/m0/s1. The molecule has 0 aromatic carbocycles. The maximum absolute atomic E-state index is 12.5. The highest BCUT2D eigenvalue weighted by Gasteiger charge is 2.47. The molecule has 2 aliphatic heterocycles. The molecular formula is C20H27N3O2S2. The van der Waals surface area contributed by atoms with Crippen LogP contribution in [-0.4, -0.2) is 52.0 Å². The summed E-state index contributed by atoms with van der Waals surface area (Å²) in [5, 5.41) is 3.11. The van der Waals surface area contributed by atoms with E-state index in [9.17, 15) is 4.79 Å². The Morgan fingerprint density at radius 1 is 1.26 bits per heavy atom. The predicted octanol–water partition coefficient (Wildman–Crippen LogP) is 3.60. The second-order valence-corrected chi connectivity index (χ2v) is 10.1. The highest BCUT2D eigenvalue weighted by atomic mass is 32.1. The Morgan fingerprint density at radius 2 is 2.04 bits per heavy atom. The van der Waals surface area contributed by atoms with Crippen LogP contribution in [0, 0.1) is 13.8 Å². The zero-order chi connectivity index (χ0) is 19.0. The van der Waals surface area contributed by atoms with Gasteiger partial charge in [-0.25, -0.2) is 4.98 Å². The summed E-state index contributed by atoms with van der Waals surface area (Å²) in [6.07, 6.45) is 1.94. The van der Waals surface area contributed by atoms with Crippen molar-refractivity contribution in [2.75, 3.05) is 19.7 Å². The summed E-state index contributed by atoms with van der Waals surface area (Å²) < 4.78 is 6.17. The summed E-state index contributed by atoms with van der Waals surface area (Å²) in [6, 6.07) is 4.51. The van der Waals surface area contributed by atoms with E-state index in [0.717, 1.165) is 43.2 Å². The number of ether oxygens (including phenoxy) is 1. The van der Waals surface area contributed by atoms with Crippen molar-refractivity contribution >= 4 is 28.6 Å². The first kappa shape index (κ1) is 19.1. The minimum atomic E-state index is -0.221. The average Bonchev–Trinajstić information content (AvgIpc) is 3.25. The van der Waals surface area contributed by atoms with Gasteiger partial charge in [0.25, 0.3) is 0 Å². The minimum Gasteiger partial charge on any atom is -0.363 e. The van der Waals surface area contributed by atoms with E-state index in [1.54, 1.807) is 11.3 Å². The number of nitrogens with zero attached hydrogens (tertiary/aromatic N) is 3. The fourth-order valence-electron chi connectivity index (χ4n) is 4.23. The number of aromatic nitrogens is 1. The largest absolute Gasteiger partial charge is 0.363 e. The SMILES string of the molecule is Cc1ccc(CN2CCC3(CC2)OCC(=O)N(Cc2csc(C)n2)[C@H]3C)s1. The van der Waals surface area contributed by atoms with Crippen LogP contribution >= 0.6 is 22.7 Å². The Kier molecular flexibility index (Phi) is 5.38. The van der Waals surface area contributed by atoms with Gasteiger partial charge in [0, 0.05) is 34.8 Å². The van der Waals surface area contributed by atoms with Crippen molar-refractivity contribution in [3.8, 4) is 0 Å². The lowest BCUT2D eigenvalue weighted by Crippen LogP contribution is -2.63. The van der Waals surface area contributed by atoms with E-state index in [0.29, 0.717) is 6.54 Å². The van der Waals surface area contributed by atoms with Crippen LogP contribution in [0.1, 0.15) is 40.2 Å².